The van der Waals surface area contributed by atoms with Crippen LogP contribution in [-0.2, 0) is 0 Å². The van der Waals surface area contributed by atoms with Gasteiger partial charge in [-0.15, -0.1) is 0 Å². The summed E-state index contributed by atoms with van der Waals surface area (Å²) in [6.07, 6.45) is 1.14. The summed E-state index contributed by atoms with van der Waals surface area (Å²) < 4.78 is 0. The van der Waals surface area contributed by atoms with Gasteiger partial charge in [0.15, 0.2) is 0 Å². The Morgan fingerprint density at radius 3 is 2.00 bits per heavy atom. The summed E-state index contributed by atoms with van der Waals surface area (Å²) in [7, 11) is 0. The number of nitrogens with two attached hydrogens (primary N) is 1. The largest absolute Gasteiger partial charge is 0.391 e. The van der Waals surface area contributed by atoms with E-state index < -0.39 is 6.10 Å². The first-order valence-corrected chi connectivity index (χ1v) is 6.99. The van der Waals surface area contributed by atoms with Crippen molar-refractivity contribution in [1.82, 2.24) is 0 Å². The van der Waals surface area contributed by atoms with Crippen LogP contribution >= 0.6 is 0 Å². The van der Waals surface area contributed by atoms with E-state index in [0.29, 0.717) is 11.8 Å². The van der Waals surface area contributed by atoms with Crippen molar-refractivity contribution in [3.8, 4) is 0 Å². The van der Waals surface area contributed by atoms with E-state index in [1.54, 1.807) is 0 Å². The molecule has 1 rings (SSSR count). The van der Waals surface area contributed by atoms with Crippen LogP contribution in [0.2, 0.25) is 0 Å². The van der Waals surface area contributed by atoms with Crippen LogP contribution in [0.15, 0.2) is 24.3 Å². The molecule has 3 atom stereocenters. The molecule has 0 bridgehead atoms. The fourth-order valence-corrected chi connectivity index (χ4v) is 2.15. The van der Waals surface area contributed by atoms with Crippen molar-refractivity contribution in [2.45, 2.75) is 64.5 Å². The predicted molar refractivity (Wildman–Crippen MR) is 77.8 cm³/mol. The van der Waals surface area contributed by atoms with Gasteiger partial charge in [-0.1, -0.05) is 52.0 Å². The quantitative estimate of drug-likeness (QED) is 0.811. The summed E-state index contributed by atoms with van der Waals surface area (Å²) in [5, 5.41) is 9.97. The fourth-order valence-electron chi connectivity index (χ4n) is 2.15. The molecule has 0 aromatic heterocycles. The van der Waals surface area contributed by atoms with Gasteiger partial charge in [-0.25, -0.2) is 0 Å². The highest BCUT2D eigenvalue weighted by molar-refractivity contribution is 5.26. The van der Waals surface area contributed by atoms with Crippen molar-refractivity contribution in [3.63, 3.8) is 0 Å². The third-order valence-electron chi connectivity index (χ3n) is 3.73. The molecule has 2 nitrogen and oxygen atoms in total. The number of aliphatic hydroxyl groups excluding tert-OH is 1. The molecule has 1 aromatic carbocycles. The van der Waals surface area contributed by atoms with Gasteiger partial charge in [0.2, 0.25) is 0 Å². The number of rotatable bonds is 6. The van der Waals surface area contributed by atoms with Crippen LogP contribution in [0.3, 0.4) is 0 Å². The first kappa shape index (κ1) is 15.2. The summed E-state index contributed by atoms with van der Waals surface area (Å²) in [5.74, 6) is 0.910. The van der Waals surface area contributed by atoms with E-state index in [1.807, 2.05) is 6.92 Å². The third kappa shape index (κ3) is 4.11. The van der Waals surface area contributed by atoms with Crippen LogP contribution < -0.4 is 5.73 Å². The average Bonchev–Trinajstić information content (AvgIpc) is 2.37. The molecule has 0 aliphatic rings. The molecule has 0 aliphatic carbocycles. The molecular formula is C16H27NO. The minimum absolute atomic E-state index is 0.109. The van der Waals surface area contributed by atoms with E-state index in [0.717, 1.165) is 12.8 Å². The lowest BCUT2D eigenvalue weighted by Crippen LogP contribution is -2.34. The highest BCUT2D eigenvalue weighted by atomic mass is 16.3. The van der Waals surface area contributed by atoms with Gasteiger partial charge < -0.3 is 10.8 Å². The number of hydrogen-bond acceptors (Lipinski definition) is 2. The number of aliphatic hydroxyl groups is 1. The Morgan fingerprint density at radius 1 is 1.06 bits per heavy atom. The van der Waals surface area contributed by atoms with Gasteiger partial charge >= 0.3 is 0 Å². The second-order valence-electron chi connectivity index (χ2n) is 5.60. The van der Waals surface area contributed by atoms with Gasteiger partial charge in [-0.2, -0.15) is 0 Å². The maximum absolute atomic E-state index is 9.97. The second-order valence-corrected chi connectivity index (χ2v) is 5.60. The smallest absolute Gasteiger partial charge is 0.0696 e. The SMILES string of the molecule is CCC(N)C(O)CC(C)c1ccc(C(C)C)cc1. The summed E-state index contributed by atoms with van der Waals surface area (Å²) in [6, 6.07) is 8.60. The minimum Gasteiger partial charge on any atom is -0.391 e. The minimum atomic E-state index is -0.408. The first-order chi connectivity index (χ1) is 8.45. The van der Waals surface area contributed by atoms with Gasteiger partial charge in [0.05, 0.1) is 6.10 Å². The molecule has 18 heavy (non-hydrogen) atoms. The molecule has 0 fully saturated rings. The van der Waals surface area contributed by atoms with Crippen LogP contribution in [0, 0.1) is 0 Å². The van der Waals surface area contributed by atoms with Gasteiger partial charge in [0, 0.05) is 6.04 Å². The molecule has 0 amide bonds. The summed E-state index contributed by atoms with van der Waals surface area (Å²) >= 11 is 0. The third-order valence-corrected chi connectivity index (χ3v) is 3.73. The molecular weight excluding hydrogens is 222 g/mol. The Morgan fingerprint density at radius 2 is 1.56 bits per heavy atom. The van der Waals surface area contributed by atoms with E-state index >= 15 is 0 Å². The van der Waals surface area contributed by atoms with E-state index in [1.165, 1.54) is 11.1 Å². The highest BCUT2D eigenvalue weighted by Crippen LogP contribution is 2.24. The molecule has 0 spiro atoms. The Labute approximate surface area is 111 Å². The van der Waals surface area contributed by atoms with Crippen LogP contribution in [0.5, 0.6) is 0 Å². The average molecular weight is 249 g/mol. The summed E-state index contributed by atoms with van der Waals surface area (Å²) in [4.78, 5) is 0. The van der Waals surface area contributed by atoms with E-state index in [-0.39, 0.29) is 6.04 Å². The molecule has 0 aliphatic heterocycles. The van der Waals surface area contributed by atoms with E-state index in [9.17, 15) is 5.11 Å². The zero-order valence-electron chi connectivity index (χ0n) is 12.1. The second kappa shape index (κ2) is 6.91. The van der Waals surface area contributed by atoms with Gasteiger partial charge in [-0.05, 0) is 35.8 Å². The monoisotopic (exact) mass is 249 g/mol. The molecule has 0 heterocycles. The molecule has 0 radical (unpaired) electrons. The summed E-state index contributed by atoms with van der Waals surface area (Å²) in [6.45, 7) is 8.55. The Bertz CT molecular complexity index is 345. The molecule has 102 valence electrons. The maximum atomic E-state index is 9.97. The highest BCUT2D eigenvalue weighted by Gasteiger charge is 2.17. The Kier molecular flexibility index (Phi) is 5.83. The standard InChI is InChI=1S/C16H27NO/c1-5-15(17)16(18)10-12(4)14-8-6-13(7-9-14)11(2)3/h6-9,11-12,15-16,18H,5,10,17H2,1-4H3. The van der Waals surface area contributed by atoms with Crippen molar-refractivity contribution in [2.75, 3.05) is 0 Å². The molecule has 1 aromatic rings. The fraction of sp³-hybridized carbons (Fsp3) is 0.625. The lowest BCUT2D eigenvalue weighted by atomic mass is 9.90. The first-order valence-electron chi connectivity index (χ1n) is 6.99. The van der Waals surface area contributed by atoms with Gasteiger partial charge in [0.25, 0.3) is 0 Å². The Hall–Kier alpha value is -0.860. The molecule has 3 unspecified atom stereocenters. The van der Waals surface area contributed by atoms with Crippen LogP contribution in [-0.4, -0.2) is 17.3 Å². The number of benzene rings is 1. The zero-order valence-corrected chi connectivity index (χ0v) is 12.1. The zero-order chi connectivity index (χ0) is 13.7. The lowest BCUT2D eigenvalue weighted by molar-refractivity contribution is 0.126. The van der Waals surface area contributed by atoms with Crippen LogP contribution in [0.4, 0.5) is 0 Å². The van der Waals surface area contributed by atoms with Crippen LogP contribution in [0.25, 0.3) is 0 Å². The van der Waals surface area contributed by atoms with Crippen molar-refractivity contribution in [1.29, 1.82) is 0 Å². The van der Waals surface area contributed by atoms with E-state index in [4.69, 9.17) is 5.73 Å². The molecule has 3 N–H and O–H groups in total. The number of hydrogen-bond donors (Lipinski definition) is 2. The topological polar surface area (TPSA) is 46.2 Å². The van der Waals surface area contributed by atoms with Crippen molar-refractivity contribution in [2.24, 2.45) is 5.73 Å². The molecule has 0 saturated heterocycles. The Balaban J connectivity index is 2.64. The normalized spacial score (nSPS) is 16.6. The van der Waals surface area contributed by atoms with Crippen molar-refractivity contribution < 1.29 is 5.11 Å². The van der Waals surface area contributed by atoms with Gasteiger partial charge in [0.1, 0.15) is 0 Å². The maximum Gasteiger partial charge on any atom is 0.0696 e. The van der Waals surface area contributed by atoms with Crippen molar-refractivity contribution in [3.05, 3.63) is 35.4 Å². The van der Waals surface area contributed by atoms with Crippen molar-refractivity contribution >= 4 is 0 Å². The molecule has 2 heteroatoms. The predicted octanol–water partition coefficient (Wildman–Crippen LogP) is 3.40. The van der Waals surface area contributed by atoms with Crippen LogP contribution in [0.1, 0.15) is 63.5 Å². The van der Waals surface area contributed by atoms with E-state index in [2.05, 4.69) is 45.0 Å². The summed E-state index contributed by atoms with van der Waals surface area (Å²) in [5.41, 5.74) is 8.49. The van der Waals surface area contributed by atoms with Gasteiger partial charge in [-0.3, -0.25) is 0 Å². The lowest BCUT2D eigenvalue weighted by Gasteiger charge is -2.21. The molecule has 0 saturated carbocycles.